The average Bonchev–Trinajstić information content (AvgIpc) is 2.16. The minimum Gasteiger partial charge on any atom is -0.328 e. The lowest BCUT2D eigenvalue weighted by Gasteiger charge is -2.33. The summed E-state index contributed by atoms with van der Waals surface area (Å²) in [4.78, 5) is 17.6. The minimum atomic E-state index is -2.17. The second-order valence-corrected chi connectivity index (χ2v) is 4.95. The fraction of sp³-hybridized carbons (Fsp3) is 1.00. The zero-order chi connectivity index (χ0) is 10.6. The molecule has 1 aliphatic rings. The predicted octanol–water partition coefficient (Wildman–Crippen LogP) is 2.82. The van der Waals surface area contributed by atoms with E-state index >= 15 is 0 Å². The van der Waals surface area contributed by atoms with Gasteiger partial charge < -0.3 is 14.3 Å². The third kappa shape index (κ3) is 3.82. The van der Waals surface area contributed by atoms with Crippen LogP contribution in [0.2, 0.25) is 0 Å². The normalized spacial score (nSPS) is 33.6. The number of rotatable bonds is 4. The Bertz CT molecular complexity index is 151. The fourth-order valence-electron chi connectivity index (χ4n) is 2.39. The molecule has 4 heteroatoms. The van der Waals surface area contributed by atoms with E-state index in [2.05, 4.69) is 13.8 Å². The van der Waals surface area contributed by atoms with Crippen molar-refractivity contribution in [3.05, 3.63) is 0 Å². The van der Waals surface area contributed by atoms with E-state index in [0.717, 1.165) is 12.8 Å². The van der Waals surface area contributed by atoms with Gasteiger partial charge in [-0.1, -0.05) is 26.7 Å². The molecule has 2 N–H and O–H groups in total. The molecule has 0 spiro atoms. The van der Waals surface area contributed by atoms with Gasteiger partial charge in [-0.2, -0.15) is 0 Å². The van der Waals surface area contributed by atoms with Gasteiger partial charge in [0.25, 0.3) is 0 Å². The minimum absolute atomic E-state index is 0.0692. The summed E-state index contributed by atoms with van der Waals surface area (Å²) in [5.41, 5.74) is 0. The Balaban J connectivity index is 2.42. The first-order chi connectivity index (χ1) is 6.65. The van der Waals surface area contributed by atoms with Crippen LogP contribution in [0, 0.1) is 11.8 Å². The molecule has 0 amide bonds. The summed E-state index contributed by atoms with van der Waals surface area (Å²) in [6.45, 7) is 4.39. The van der Waals surface area contributed by atoms with E-state index in [1.54, 1.807) is 0 Å². The van der Waals surface area contributed by atoms with Crippen LogP contribution < -0.4 is 0 Å². The summed E-state index contributed by atoms with van der Waals surface area (Å²) in [5, 5.41) is 0. The van der Waals surface area contributed by atoms with Crippen molar-refractivity contribution in [2.24, 2.45) is 11.8 Å². The Kier molecular flexibility index (Phi) is 5.32. The highest BCUT2D eigenvalue weighted by Gasteiger charge is 2.28. The van der Waals surface area contributed by atoms with Gasteiger partial charge in [-0.25, -0.2) is 0 Å². The van der Waals surface area contributed by atoms with Crippen molar-refractivity contribution in [1.82, 2.24) is 0 Å². The van der Waals surface area contributed by atoms with Gasteiger partial charge in [0.05, 0.1) is 6.10 Å². The quantitative estimate of drug-likeness (QED) is 0.716. The van der Waals surface area contributed by atoms with E-state index in [9.17, 15) is 0 Å². The van der Waals surface area contributed by atoms with Crippen LogP contribution in [0.5, 0.6) is 0 Å². The zero-order valence-electron chi connectivity index (χ0n) is 9.02. The molecule has 0 aliphatic heterocycles. The molecule has 0 bridgehead atoms. The lowest BCUT2D eigenvalue weighted by atomic mass is 9.77. The third-order valence-electron chi connectivity index (χ3n) is 3.26. The molecule has 0 aromatic carbocycles. The molecule has 3 atom stereocenters. The van der Waals surface area contributed by atoms with E-state index < -0.39 is 8.60 Å². The molecular weight excluding hydrogens is 199 g/mol. The number of hydrogen-bond acceptors (Lipinski definition) is 3. The zero-order valence-corrected chi connectivity index (χ0v) is 9.91. The smallest absolute Gasteiger partial charge is 0.327 e. The van der Waals surface area contributed by atoms with Crippen LogP contribution in [0.3, 0.4) is 0 Å². The van der Waals surface area contributed by atoms with Crippen molar-refractivity contribution in [2.45, 2.75) is 52.1 Å². The molecule has 1 aliphatic carbocycles. The van der Waals surface area contributed by atoms with Crippen molar-refractivity contribution >= 4 is 8.60 Å². The van der Waals surface area contributed by atoms with Crippen LogP contribution in [0.4, 0.5) is 0 Å². The van der Waals surface area contributed by atoms with Crippen LogP contribution in [0.1, 0.15) is 46.0 Å². The Morgan fingerprint density at radius 1 is 1.07 bits per heavy atom. The van der Waals surface area contributed by atoms with E-state index in [4.69, 9.17) is 14.3 Å². The largest absolute Gasteiger partial charge is 0.328 e. The first kappa shape index (κ1) is 12.4. The Hall–Kier alpha value is 0.310. The molecule has 0 radical (unpaired) electrons. The molecule has 84 valence electrons. The molecule has 0 aromatic rings. The Morgan fingerprint density at radius 3 is 1.93 bits per heavy atom. The molecule has 1 fully saturated rings. The summed E-state index contributed by atoms with van der Waals surface area (Å²) in [7, 11) is -2.17. The van der Waals surface area contributed by atoms with E-state index in [0.29, 0.717) is 11.8 Å². The maximum absolute atomic E-state index is 8.82. The lowest BCUT2D eigenvalue weighted by Crippen LogP contribution is -2.27. The van der Waals surface area contributed by atoms with Crippen LogP contribution in [-0.4, -0.2) is 15.9 Å². The maximum Gasteiger partial charge on any atom is 0.327 e. The van der Waals surface area contributed by atoms with Crippen LogP contribution in [0.15, 0.2) is 0 Å². The average molecular weight is 220 g/mol. The van der Waals surface area contributed by atoms with Crippen molar-refractivity contribution in [3.63, 3.8) is 0 Å². The molecule has 14 heavy (non-hydrogen) atoms. The summed E-state index contributed by atoms with van der Waals surface area (Å²) < 4.78 is 5.13. The molecule has 0 heterocycles. The lowest BCUT2D eigenvalue weighted by molar-refractivity contribution is 0.0752. The maximum atomic E-state index is 8.82. The van der Waals surface area contributed by atoms with Gasteiger partial charge in [-0.05, 0) is 31.1 Å². The van der Waals surface area contributed by atoms with Crippen LogP contribution in [0.25, 0.3) is 0 Å². The van der Waals surface area contributed by atoms with Crippen molar-refractivity contribution in [3.8, 4) is 0 Å². The predicted molar refractivity (Wildman–Crippen MR) is 57.6 cm³/mol. The fourth-order valence-corrected chi connectivity index (χ4v) is 2.83. The standard InChI is InChI=1S/C10H21O3P/c1-3-8-5-9(4-2)7-10(6-8)13-14(11)12/h8-12H,3-7H2,1-2H3/t8-,9+,10?. The highest BCUT2D eigenvalue weighted by Crippen LogP contribution is 2.39. The molecule has 3 nitrogen and oxygen atoms in total. The highest BCUT2D eigenvalue weighted by molar-refractivity contribution is 7.39. The van der Waals surface area contributed by atoms with Gasteiger partial charge >= 0.3 is 8.60 Å². The summed E-state index contributed by atoms with van der Waals surface area (Å²) in [5.74, 6) is 1.40. The highest BCUT2D eigenvalue weighted by atomic mass is 31.2. The van der Waals surface area contributed by atoms with E-state index in [1.165, 1.54) is 19.3 Å². The molecular formula is C10H21O3P. The van der Waals surface area contributed by atoms with Crippen LogP contribution >= 0.6 is 8.60 Å². The topological polar surface area (TPSA) is 49.7 Å². The van der Waals surface area contributed by atoms with Gasteiger partial charge in [0, 0.05) is 0 Å². The summed E-state index contributed by atoms with van der Waals surface area (Å²) in [6, 6.07) is 0. The summed E-state index contributed by atoms with van der Waals surface area (Å²) >= 11 is 0. The molecule has 0 aromatic heterocycles. The number of hydrogen-bond donors (Lipinski definition) is 2. The Morgan fingerprint density at radius 2 is 1.57 bits per heavy atom. The third-order valence-corrected chi connectivity index (χ3v) is 3.74. The monoisotopic (exact) mass is 220 g/mol. The van der Waals surface area contributed by atoms with Gasteiger partial charge in [0.1, 0.15) is 0 Å². The molecule has 1 saturated carbocycles. The van der Waals surface area contributed by atoms with Crippen molar-refractivity contribution < 1.29 is 14.3 Å². The van der Waals surface area contributed by atoms with Gasteiger partial charge in [-0.15, -0.1) is 0 Å². The molecule has 0 saturated heterocycles. The first-order valence-electron chi connectivity index (χ1n) is 5.50. The van der Waals surface area contributed by atoms with Crippen LogP contribution in [-0.2, 0) is 4.52 Å². The van der Waals surface area contributed by atoms with Crippen molar-refractivity contribution in [2.75, 3.05) is 0 Å². The first-order valence-corrected chi connectivity index (χ1v) is 6.66. The molecule has 1 rings (SSSR count). The van der Waals surface area contributed by atoms with E-state index in [-0.39, 0.29) is 6.10 Å². The van der Waals surface area contributed by atoms with Gasteiger partial charge in [-0.3, -0.25) is 0 Å². The van der Waals surface area contributed by atoms with Gasteiger partial charge in [0.2, 0.25) is 0 Å². The Labute approximate surface area is 87.5 Å². The molecule has 1 unspecified atom stereocenters. The SMILES string of the molecule is CC[C@@H]1CC(OP(O)O)C[C@H](CC)C1. The summed E-state index contributed by atoms with van der Waals surface area (Å²) in [6.07, 6.45) is 5.68. The second kappa shape index (κ2) is 6.02. The van der Waals surface area contributed by atoms with E-state index in [1.807, 2.05) is 0 Å². The van der Waals surface area contributed by atoms with Crippen molar-refractivity contribution in [1.29, 1.82) is 0 Å². The second-order valence-electron chi connectivity index (χ2n) is 4.24. The van der Waals surface area contributed by atoms with Gasteiger partial charge in [0.15, 0.2) is 0 Å².